The zero-order chi connectivity index (χ0) is 21.1. The first-order valence-corrected chi connectivity index (χ1v) is 10.4. The molecular formula is C18H15F2N7OS2. The second-order valence-electron chi connectivity index (χ2n) is 6.39. The fourth-order valence-corrected chi connectivity index (χ4v) is 4.85. The first kappa shape index (κ1) is 20.4. The van der Waals surface area contributed by atoms with Crippen LogP contribution in [-0.2, 0) is 12.1 Å². The van der Waals surface area contributed by atoms with E-state index < -0.39 is 22.5 Å². The average molecular weight is 447 g/mol. The van der Waals surface area contributed by atoms with Crippen molar-refractivity contribution >= 4 is 23.3 Å². The third-order valence-electron chi connectivity index (χ3n) is 4.43. The largest absolute Gasteiger partial charge is 0.382 e. The number of rotatable bonds is 7. The maximum atomic E-state index is 14.6. The lowest BCUT2D eigenvalue weighted by molar-refractivity contribution is 0.0133. The predicted octanol–water partition coefficient (Wildman–Crippen LogP) is 2.93. The van der Waals surface area contributed by atoms with Crippen molar-refractivity contribution in [3.63, 3.8) is 0 Å². The summed E-state index contributed by atoms with van der Waals surface area (Å²) in [6.45, 7) is 1.65. The lowest BCUT2D eigenvalue weighted by Crippen LogP contribution is -2.41. The molecule has 0 fully saturated rings. The zero-order valence-corrected chi connectivity index (χ0v) is 17.2. The van der Waals surface area contributed by atoms with Crippen LogP contribution >= 0.6 is 23.3 Å². The average Bonchev–Trinajstić information content (AvgIpc) is 3.40. The molecule has 8 nitrogen and oxygen atoms in total. The second-order valence-corrected chi connectivity index (χ2v) is 8.73. The van der Waals surface area contributed by atoms with Gasteiger partial charge in [-0.2, -0.15) is 14.6 Å². The Morgan fingerprint density at radius 2 is 2.17 bits per heavy atom. The van der Waals surface area contributed by atoms with Crippen molar-refractivity contribution in [2.75, 3.05) is 0 Å². The van der Waals surface area contributed by atoms with Crippen molar-refractivity contribution in [2.24, 2.45) is 0 Å². The van der Waals surface area contributed by atoms with Crippen molar-refractivity contribution in [3.05, 3.63) is 66.4 Å². The molecule has 4 rings (SSSR count). The monoisotopic (exact) mass is 447 g/mol. The number of aliphatic hydroxyl groups is 1. The highest BCUT2D eigenvalue weighted by Gasteiger charge is 2.40. The fraction of sp³-hybridized carbons (Fsp3) is 0.222. The van der Waals surface area contributed by atoms with E-state index in [2.05, 4.69) is 29.6 Å². The third kappa shape index (κ3) is 4.20. The molecule has 0 saturated heterocycles. The molecule has 0 aliphatic carbocycles. The SMILES string of the molecule is C[C@@H](Sc1nc(-c2cccnn2)ns1)C(O)(Cn1cncn1)c1ccc(F)cc1F. The van der Waals surface area contributed by atoms with Crippen LogP contribution in [0.2, 0.25) is 0 Å². The number of hydrogen-bond acceptors (Lipinski definition) is 9. The smallest absolute Gasteiger partial charge is 0.194 e. The van der Waals surface area contributed by atoms with Crippen LogP contribution in [0.25, 0.3) is 11.5 Å². The van der Waals surface area contributed by atoms with Gasteiger partial charge in [0.1, 0.15) is 35.6 Å². The van der Waals surface area contributed by atoms with Gasteiger partial charge in [0.25, 0.3) is 0 Å². The minimum atomic E-state index is -1.73. The number of aromatic nitrogens is 7. The van der Waals surface area contributed by atoms with Crippen LogP contribution in [0, 0.1) is 11.6 Å². The Morgan fingerprint density at radius 3 is 2.87 bits per heavy atom. The predicted molar refractivity (Wildman–Crippen MR) is 107 cm³/mol. The highest BCUT2D eigenvalue weighted by molar-refractivity contribution is 8.01. The molecule has 1 aromatic carbocycles. The van der Waals surface area contributed by atoms with Crippen LogP contribution in [0.15, 0.2) is 53.5 Å². The summed E-state index contributed by atoms with van der Waals surface area (Å²) in [5, 5.41) is 22.7. The zero-order valence-electron chi connectivity index (χ0n) is 15.6. The van der Waals surface area contributed by atoms with Crippen molar-refractivity contribution in [1.29, 1.82) is 0 Å². The Balaban J connectivity index is 1.64. The standard InChI is InChI=1S/C18H15F2N7OS2/c1-11(29-17-24-16(26-30-17)15-3-2-6-22-25-15)18(28,8-27-10-21-9-23-27)13-5-4-12(19)7-14(13)20/h2-7,9-11,28H,8H2,1H3/t11-,18?/m1/s1. The van der Waals surface area contributed by atoms with E-state index in [9.17, 15) is 13.9 Å². The summed E-state index contributed by atoms with van der Waals surface area (Å²) in [6.07, 6.45) is 4.28. The molecule has 0 bridgehead atoms. The summed E-state index contributed by atoms with van der Waals surface area (Å²) in [5.74, 6) is -1.16. The molecule has 0 radical (unpaired) electrons. The van der Waals surface area contributed by atoms with E-state index >= 15 is 0 Å². The Kier molecular flexibility index (Phi) is 5.79. The summed E-state index contributed by atoms with van der Waals surface area (Å²) in [7, 11) is 0. The molecule has 3 heterocycles. The summed E-state index contributed by atoms with van der Waals surface area (Å²) < 4.78 is 34.3. The number of thioether (sulfide) groups is 1. The van der Waals surface area contributed by atoms with Crippen molar-refractivity contribution in [2.45, 2.75) is 28.7 Å². The van der Waals surface area contributed by atoms with Gasteiger partial charge < -0.3 is 5.11 Å². The van der Waals surface area contributed by atoms with Gasteiger partial charge in [-0.15, -0.1) is 5.10 Å². The van der Waals surface area contributed by atoms with E-state index in [-0.39, 0.29) is 12.1 Å². The minimum absolute atomic E-state index is 0.0435. The highest BCUT2D eigenvalue weighted by atomic mass is 32.2. The van der Waals surface area contributed by atoms with Crippen molar-refractivity contribution in [3.8, 4) is 11.5 Å². The van der Waals surface area contributed by atoms with Gasteiger partial charge in [-0.1, -0.05) is 17.8 Å². The fourth-order valence-electron chi connectivity index (χ4n) is 2.87. The van der Waals surface area contributed by atoms with E-state index in [4.69, 9.17) is 0 Å². The molecule has 3 aromatic heterocycles. The first-order valence-electron chi connectivity index (χ1n) is 8.74. The molecule has 0 amide bonds. The molecule has 0 saturated carbocycles. The van der Waals surface area contributed by atoms with E-state index in [0.29, 0.717) is 15.9 Å². The molecule has 0 spiro atoms. The van der Waals surface area contributed by atoms with E-state index in [1.807, 2.05) is 0 Å². The maximum absolute atomic E-state index is 14.6. The minimum Gasteiger partial charge on any atom is -0.382 e. The van der Waals surface area contributed by atoms with Gasteiger partial charge in [-0.3, -0.25) is 0 Å². The van der Waals surface area contributed by atoms with Gasteiger partial charge in [-0.05, 0) is 36.7 Å². The van der Waals surface area contributed by atoms with Gasteiger partial charge in [-0.25, -0.2) is 23.4 Å². The number of hydrogen-bond donors (Lipinski definition) is 1. The van der Waals surface area contributed by atoms with Crippen molar-refractivity contribution < 1.29 is 13.9 Å². The van der Waals surface area contributed by atoms with Crippen LogP contribution < -0.4 is 0 Å². The maximum Gasteiger partial charge on any atom is 0.194 e. The molecule has 1 unspecified atom stereocenters. The van der Waals surface area contributed by atoms with E-state index in [1.54, 1.807) is 25.3 Å². The third-order valence-corrected chi connectivity index (χ3v) is 6.49. The first-order chi connectivity index (χ1) is 14.5. The molecule has 0 aliphatic heterocycles. The van der Waals surface area contributed by atoms with Crippen LogP contribution in [-0.4, -0.2) is 44.7 Å². The van der Waals surface area contributed by atoms with Gasteiger partial charge in [0.15, 0.2) is 10.2 Å². The lowest BCUT2D eigenvalue weighted by Gasteiger charge is -2.33. The molecule has 12 heteroatoms. The van der Waals surface area contributed by atoms with E-state index in [1.165, 1.54) is 35.2 Å². The van der Waals surface area contributed by atoms with Crippen molar-refractivity contribution in [1.82, 2.24) is 34.3 Å². The summed E-state index contributed by atoms with van der Waals surface area (Å²) in [6, 6.07) is 6.56. The number of halogens is 2. The molecule has 4 aromatic rings. The molecule has 30 heavy (non-hydrogen) atoms. The normalized spacial score (nSPS) is 14.4. The van der Waals surface area contributed by atoms with Crippen LogP contribution in [0.3, 0.4) is 0 Å². The van der Waals surface area contributed by atoms with Crippen LogP contribution in [0.4, 0.5) is 8.78 Å². The quantitative estimate of drug-likeness (QED) is 0.432. The molecule has 2 atom stereocenters. The second kappa shape index (κ2) is 8.50. The molecule has 1 N–H and O–H groups in total. The van der Waals surface area contributed by atoms with Gasteiger partial charge in [0.2, 0.25) is 0 Å². The topological polar surface area (TPSA) is 102 Å². The Bertz CT molecular complexity index is 1130. The molecule has 154 valence electrons. The summed E-state index contributed by atoms with van der Waals surface area (Å²) >= 11 is 2.35. The Hall–Kier alpha value is -2.83. The van der Waals surface area contributed by atoms with Crippen LogP contribution in [0.1, 0.15) is 12.5 Å². The number of benzene rings is 1. The molecule has 0 aliphatic rings. The number of nitrogens with zero attached hydrogens (tertiary/aromatic N) is 7. The van der Waals surface area contributed by atoms with Gasteiger partial charge in [0, 0.05) is 23.1 Å². The molecular weight excluding hydrogens is 432 g/mol. The van der Waals surface area contributed by atoms with E-state index in [0.717, 1.165) is 23.7 Å². The lowest BCUT2D eigenvalue weighted by atomic mass is 9.90. The summed E-state index contributed by atoms with van der Waals surface area (Å²) in [4.78, 5) is 8.29. The summed E-state index contributed by atoms with van der Waals surface area (Å²) in [5.41, 5.74) is -1.25. The van der Waals surface area contributed by atoms with Gasteiger partial charge in [0.05, 0.1) is 6.54 Å². The Morgan fingerprint density at radius 1 is 1.30 bits per heavy atom. The highest BCUT2D eigenvalue weighted by Crippen LogP contribution is 2.40. The van der Waals surface area contributed by atoms with Gasteiger partial charge >= 0.3 is 0 Å². The van der Waals surface area contributed by atoms with Crippen LogP contribution in [0.5, 0.6) is 0 Å². The Labute approximate surface area is 178 Å².